The second-order valence-electron chi connectivity index (χ2n) is 5.70. The first kappa shape index (κ1) is 19.5. The van der Waals surface area contributed by atoms with E-state index in [0.717, 1.165) is 11.0 Å². The van der Waals surface area contributed by atoms with Crippen LogP contribution in [0, 0.1) is 0 Å². The number of urea groups is 1. The molecule has 1 aromatic rings. The van der Waals surface area contributed by atoms with Crippen molar-refractivity contribution >= 4 is 17.9 Å². The standard InChI is InChI=1S/C16H18F3N3O4/c17-16(18,19)11-5-2-1-4-10(11)13-14(25)20-8-9-22(13)15(26)21-7-3-6-12(23)24/h1-2,4-5,13H,3,6-9H2,(H,20,25)(H,21,26)(H,23,24). The highest BCUT2D eigenvalue weighted by Crippen LogP contribution is 2.36. The maximum atomic E-state index is 13.3. The molecule has 0 bridgehead atoms. The quantitative estimate of drug-likeness (QED) is 0.685. The third-order valence-corrected chi connectivity index (χ3v) is 3.88. The molecule has 0 aliphatic carbocycles. The van der Waals surface area contributed by atoms with Crippen molar-refractivity contribution in [1.29, 1.82) is 0 Å². The predicted molar refractivity (Wildman–Crippen MR) is 84.2 cm³/mol. The first-order valence-corrected chi connectivity index (χ1v) is 7.92. The molecule has 0 radical (unpaired) electrons. The fourth-order valence-corrected chi connectivity index (χ4v) is 2.72. The number of hydrogen-bond acceptors (Lipinski definition) is 3. The van der Waals surface area contributed by atoms with Crippen molar-refractivity contribution in [3.8, 4) is 0 Å². The van der Waals surface area contributed by atoms with Crippen LogP contribution in [0.2, 0.25) is 0 Å². The van der Waals surface area contributed by atoms with E-state index in [2.05, 4.69) is 10.6 Å². The Bertz CT molecular complexity index is 694. The van der Waals surface area contributed by atoms with Crippen molar-refractivity contribution in [2.45, 2.75) is 25.1 Å². The van der Waals surface area contributed by atoms with Gasteiger partial charge in [-0.15, -0.1) is 0 Å². The molecule has 0 spiro atoms. The molecule has 26 heavy (non-hydrogen) atoms. The Morgan fingerprint density at radius 1 is 1.31 bits per heavy atom. The molecule has 1 heterocycles. The Morgan fingerprint density at radius 2 is 2.00 bits per heavy atom. The molecule has 0 aromatic heterocycles. The molecule has 1 aromatic carbocycles. The van der Waals surface area contributed by atoms with E-state index in [1.807, 2.05) is 0 Å². The average Bonchev–Trinajstić information content (AvgIpc) is 2.57. The number of piperazine rings is 1. The van der Waals surface area contributed by atoms with Gasteiger partial charge in [0.1, 0.15) is 6.04 Å². The molecule has 1 aliphatic heterocycles. The summed E-state index contributed by atoms with van der Waals surface area (Å²) >= 11 is 0. The topological polar surface area (TPSA) is 98.7 Å². The fraction of sp³-hybridized carbons (Fsp3) is 0.438. The number of nitrogens with zero attached hydrogens (tertiary/aromatic N) is 1. The first-order valence-electron chi connectivity index (χ1n) is 7.92. The lowest BCUT2D eigenvalue weighted by Crippen LogP contribution is -2.55. The van der Waals surface area contributed by atoms with E-state index in [4.69, 9.17) is 5.11 Å². The number of carbonyl (C=O) groups is 3. The van der Waals surface area contributed by atoms with E-state index < -0.39 is 35.7 Å². The minimum absolute atomic E-state index is 0.0351. The number of aliphatic carboxylic acids is 1. The van der Waals surface area contributed by atoms with Crippen molar-refractivity contribution in [3.63, 3.8) is 0 Å². The van der Waals surface area contributed by atoms with Gasteiger partial charge < -0.3 is 20.6 Å². The zero-order valence-corrected chi connectivity index (χ0v) is 13.7. The largest absolute Gasteiger partial charge is 0.481 e. The molecule has 10 heteroatoms. The van der Waals surface area contributed by atoms with Crippen LogP contribution in [-0.4, -0.2) is 47.5 Å². The Morgan fingerprint density at radius 3 is 2.65 bits per heavy atom. The van der Waals surface area contributed by atoms with E-state index in [0.29, 0.717) is 0 Å². The van der Waals surface area contributed by atoms with Crippen molar-refractivity contribution < 1.29 is 32.7 Å². The summed E-state index contributed by atoms with van der Waals surface area (Å²) in [5.74, 6) is -1.72. The van der Waals surface area contributed by atoms with Crippen molar-refractivity contribution in [3.05, 3.63) is 35.4 Å². The van der Waals surface area contributed by atoms with Crippen LogP contribution >= 0.6 is 0 Å². The number of hydrogen-bond donors (Lipinski definition) is 3. The summed E-state index contributed by atoms with van der Waals surface area (Å²) in [7, 11) is 0. The summed E-state index contributed by atoms with van der Waals surface area (Å²) in [6.07, 6.45) is -4.65. The molecule has 3 amide bonds. The number of nitrogens with one attached hydrogen (secondary N) is 2. The second kappa shape index (κ2) is 8.07. The summed E-state index contributed by atoms with van der Waals surface area (Å²) in [6.45, 7) is 0.191. The lowest BCUT2D eigenvalue weighted by atomic mass is 9.96. The number of alkyl halides is 3. The van der Waals surface area contributed by atoms with Gasteiger partial charge in [0.25, 0.3) is 0 Å². The average molecular weight is 373 g/mol. The van der Waals surface area contributed by atoms with E-state index in [1.165, 1.54) is 18.2 Å². The highest BCUT2D eigenvalue weighted by atomic mass is 19.4. The Balaban J connectivity index is 2.23. The molecule has 7 nitrogen and oxygen atoms in total. The minimum atomic E-state index is -4.67. The Hall–Kier alpha value is -2.78. The molecule has 2 rings (SSSR count). The van der Waals surface area contributed by atoms with Crippen LogP contribution in [0.5, 0.6) is 0 Å². The molecule has 142 valence electrons. The SMILES string of the molecule is O=C(O)CCCNC(=O)N1CCNC(=O)C1c1ccccc1C(F)(F)F. The van der Waals surface area contributed by atoms with Gasteiger partial charge in [-0.25, -0.2) is 4.79 Å². The van der Waals surface area contributed by atoms with E-state index in [-0.39, 0.29) is 38.0 Å². The highest BCUT2D eigenvalue weighted by Gasteiger charge is 2.41. The molecular formula is C16H18F3N3O4. The van der Waals surface area contributed by atoms with Gasteiger partial charge in [-0.05, 0) is 18.1 Å². The van der Waals surface area contributed by atoms with Crippen LogP contribution in [0.4, 0.5) is 18.0 Å². The number of amides is 3. The van der Waals surface area contributed by atoms with Gasteiger partial charge in [-0.3, -0.25) is 9.59 Å². The van der Waals surface area contributed by atoms with Crippen molar-refractivity contribution in [1.82, 2.24) is 15.5 Å². The highest BCUT2D eigenvalue weighted by molar-refractivity contribution is 5.89. The summed E-state index contributed by atoms with van der Waals surface area (Å²) < 4.78 is 39.8. The fourth-order valence-electron chi connectivity index (χ4n) is 2.72. The van der Waals surface area contributed by atoms with Crippen LogP contribution in [0.25, 0.3) is 0 Å². The number of rotatable bonds is 5. The zero-order valence-electron chi connectivity index (χ0n) is 13.7. The molecule has 1 aliphatic rings. The van der Waals surface area contributed by atoms with Crippen molar-refractivity contribution in [2.24, 2.45) is 0 Å². The maximum Gasteiger partial charge on any atom is 0.416 e. The van der Waals surface area contributed by atoms with Crippen LogP contribution in [0.1, 0.15) is 30.0 Å². The van der Waals surface area contributed by atoms with Gasteiger partial charge in [0.2, 0.25) is 5.91 Å². The monoisotopic (exact) mass is 373 g/mol. The third-order valence-electron chi connectivity index (χ3n) is 3.88. The third kappa shape index (κ3) is 4.64. The van der Waals surface area contributed by atoms with E-state index >= 15 is 0 Å². The molecule has 0 saturated carbocycles. The zero-order chi connectivity index (χ0) is 19.3. The molecule has 1 atom stereocenters. The second-order valence-corrected chi connectivity index (χ2v) is 5.70. The van der Waals surface area contributed by atoms with E-state index in [1.54, 1.807) is 0 Å². The van der Waals surface area contributed by atoms with Crippen molar-refractivity contribution in [2.75, 3.05) is 19.6 Å². The molecule has 1 fully saturated rings. The lowest BCUT2D eigenvalue weighted by molar-refractivity contribution is -0.140. The number of halogens is 3. The smallest absolute Gasteiger partial charge is 0.416 e. The minimum Gasteiger partial charge on any atom is -0.481 e. The predicted octanol–water partition coefficient (Wildman–Crippen LogP) is 1.75. The Labute approximate surface area is 147 Å². The molecule has 3 N–H and O–H groups in total. The summed E-state index contributed by atoms with van der Waals surface area (Å²) in [5, 5.41) is 13.5. The van der Waals surface area contributed by atoms with Crippen LogP contribution < -0.4 is 10.6 Å². The number of carboxylic acids is 1. The van der Waals surface area contributed by atoms with Crippen LogP contribution in [-0.2, 0) is 15.8 Å². The van der Waals surface area contributed by atoms with Gasteiger partial charge in [-0.1, -0.05) is 18.2 Å². The van der Waals surface area contributed by atoms with Gasteiger partial charge in [-0.2, -0.15) is 13.2 Å². The van der Waals surface area contributed by atoms with Gasteiger partial charge in [0.15, 0.2) is 0 Å². The summed E-state index contributed by atoms with van der Waals surface area (Å²) in [6, 6.07) is 2.48. The number of benzene rings is 1. The Kier molecular flexibility index (Phi) is 6.06. The summed E-state index contributed by atoms with van der Waals surface area (Å²) in [4.78, 5) is 36.1. The molecule has 1 unspecified atom stereocenters. The summed E-state index contributed by atoms with van der Waals surface area (Å²) in [5.41, 5.74) is -1.29. The molecule has 1 saturated heterocycles. The maximum absolute atomic E-state index is 13.3. The van der Waals surface area contributed by atoms with Crippen LogP contribution in [0.15, 0.2) is 24.3 Å². The normalized spacial score (nSPS) is 17.6. The molecular weight excluding hydrogens is 355 g/mol. The van der Waals surface area contributed by atoms with Gasteiger partial charge >= 0.3 is 18.2 Å². The van der Waals surface area contributed by atoms with E-state index in [9.17, 15) is 27.6 Å². The van der Waals surface area contributed by atoms with Gasteiger partial charge in [0, 0.05) is 26.1 Å². The van der Waals surface area contributed by atoms with Gasteiger partial charge in [0.05, 0.1) is 5.56 Å². The van der Waals surface area contributed by atoms with Crippen LogP contribution in [0.3, 0.4) is 0 Å². The first-order chi connectivity index (χ1) is 12.2. The number of carbonyl (C=O) groups excluding carboxylic acids is 2. The lowest BCUT2D eigenvalue weighted by Gasteiger charge is -2.36. The number of carboxylic acid groups (broad SMARTS) is 1.